The summed E-state index contributed by atoms with van der Waals surface area (Å²) < 4.78 is 12.8. The maximum absolute atomic E-state index is 10.1. The highest BCUT2D eigenvalue weighted by Crippen LogP contribution is 2.55. The summed E-state index contributed by atoms with van der Waals surface area (Å²) in [6, 6.07) is 0. The van der Waals surface area contributed by atoms with Crippen molar-refractivity contribution in [3.8, 4) is 0 Å². The molecular weight excluding hydrogens is 264 g/mol. The largest absolute Gasteiger partial charge is 0.392 e. The Labute approximate surface area is 116 Å². The van der Waals surface area contributed by atoms with Gasteiger partial charge < -0.3 is 14.0 Å². The van der Waals surface area contributed by atoms with Gasteiger partial charge >= 0.3 is 8.56 Å². The predicted molar refractivity (Wildman–Crippen MR) is 78.3 cm³/mol. The molecule has 2 rings (SSSR count). The fraction of sp³-hybridized carbons (Fsp3) is 1.00. The van der Waals surface area contributed by atoms with Gasteiger partial charge in [-0.1, -0.05) is 41.5 Å². The van der Waals surface area contributed by atoms with E-state index in [4.69, 9.17) is 8.85 Å². The first-order valence-corrected chi connectivity index (χ1v) is 9.56. The van der Waals surface area contributed by atoms with Crippen LogP contribution in [0.5, 0.6) is 0 Å². The Balaban J connectivity index is 2.33. The first-order chi connectivity index (χ1) is 8.08. The van der Waals surface area contributed by atoms with Gasteiger partial charge in [0.15, 0.2) is 0 Å². The van der Waals surface area contributed by atoms with Gasteiger partial charge in [-0.2, -0.15) is 11.8 Å². The Morgan fingerprint density at radius 2 is 1.67 bits per heavy atom. The van der Waals surface area contributed by atoms with Crippen LogP contribution in [0.1, 0.15) is 41.5 Å². The topological polar surface area (TPSA) is 38.7 Å². The maximum Gasteiger partial charge on any atom is 0.349 e. The average Bonchev–Trinajstić information content (AvgIpc) is 2.56. The van der Waals surface area contributed by atoms with E-state index in [9.17, 15) is 5.11 Å². The molecule has 0 amide bonds. The van der Waals surface area contributed by atoms with Gasteiger partial charge in [0.2, 0.25) is 0 Å². The van der Waals surface area contributed by atoms with Crippen molar-refractivity contribution >= 4 is 20.3 Å². The molecule has 0 saturated carbocycles. The molecule has 2 heterocycles. The third-order valence-corrected chi connectivity index (χ3v) is 10.4. The van der Waals surface area contributed by atoms with Crippen molar-refractivity contribution in [2.75, 3.05) is 12.4 Å². The van der Waals surface area contributed by atoms with E-state index in [1.165, 1.54) is 0 Å². The lowest BCUT2D eigenvalue weighted by Gasteiger charge is -2.53. The lowest BCUT2D eigenvalue weighted by atomic mass is 10.2. The molecule has 5 heteroatoms. The molecule has 0 aliphatic carbocycles. The van der Waals surface area contributed by atoms with E-state index in [0.717, 1.165) is 12.4 Å². The second kappa shape index (κ2) is 4.48. The SMILES string of the molecule is CC(C)(C)[Si]1(C(C)(C)C)OC[C@H]2SC[C@H](O)[C@@H]2O1. The molecule has 0 unspecified atom stereocenters. The summed E-state index contributed by atoms with van der Waals surface area (Å²) in [6.07, 6.45) is -0.366. The number of aliphatic hydroxyl groups excluding tert-OH is 1. The second-order valence-electron chi connectivity index (χ2n) is 7.45. The number of aliphatic hydroxyl groups is 1. The van der Waals surface area contributed by atoms with Crippen molar-refractivity contribution in [1.29, 1.82) is 0 Å². The highest BCUT2D eigenvalue weighted by Gasteiger charge is 2.63. The summed E-state index contributed by atoms with van der Waals surface area (Å²) in [5, 5.41) is 10.4. The molecular formula is C13H26O3SSi. The molecule has 0 aromatic heterocycles. The fourth-order valence-electron chi connectivity index (χ4n) is 3.29. The van der Waals surface area contributed by atoms with Crippen LogP contribution in [0.25, 0.3) is 0 Å². The highest BCUT2D eigenvalue weighted by molar-refractivity contribution is 8.00. The summed E-state index contributed by atoms with van der Waals surface area (Å²) in [6.45, 7) is 14.0. The molecule has 2 saturated heterocycles. The average molecular weight is 291 g/mol. The van der Waals surface area contributed by atoms with E-state index in [-0.39, 0.29) is 22.3 Å². The van der Waals surface area contributed by atoms with Crippen LogP contribution in [-0.4, -0.2) is 43.5 Å². The molecule has 0 spiro atoms. The van der Waals surface area contributed by atoms with Crippen LogP contribution in [0, 0.1) is 0 Å². The van der Waals surface area contributed by atoms with Crippen molar-refractivity contribution in [2.24, 2.45) is 0 Å². The molecule has 0 bridgehead atoms. The van der Waals surface area contributed by atoms with Gasteiger partial charge in [0.25, 0.3) is 0 Å². The summed E-state index contributed by atoms with van der Waals surface area (Å²) >= 11 is 1.78. The Morgan fingerprint density at radius 1 is 1.11 bits per heavy atom. The summed E-state index contributed by atoms with van der Waals surface area (Å²) in [7, 11) is -2.39. The quantitative estimate of drug-likeness (QED) is 0.696. The van der Waals surface area contributed by atoms with Gasteiger partial charge in [-0.15, -0.1) is 0 Å². The molecule has 18 heavy (non-hydrogen) atoms. The minimum atomic E-state index is -2.39. The Bertz CT molecular complexity index is 307. The standard InChI is InChI=1S/C13H26O3SSi/c1-12(2,3)18(13(4,5)6)15-7-10-11(16-18)9(14)8-17-10/h9-11,14H,7-8H2,1-6H3/t9-,10+,11-/m0/s1. The van der Waals surface area contributed by atoms with Gasteiger partial charge in [0.05, 0.1) is 24.1 Å². The zero-order valence-corrected chi connectivity index (χ0v) is 14.1. The molecule has 2 aliphatic rings. The number of hydrogen-bond acceptors (Lipinski definition) is 4. The predicted octanol–water partition coefficient (Wildman–Crippen LogP) is 2.92. The maximum atomic E-state index is 10.1. The van der Waals surface area contributed by atoms with Crippen LogP contribution in [0.3, 0.4) is 0 Å². The normalized spacial score (nSPS) is 36.5. The molecule has 0 aromatic carbocycles. The highest BCUT2D eigenvalue weighted by atomic mass is 32.2. The summed E-state index contributed by atoms with van der Waals surface area (Å²) in [5.41, 5.74) is 0. The monoisotopic (exact) mass is 290 g/mol. The van der Waals surface area contributed by atoms with E-state index >= 15 is 0 Å². The minimum absolute atomic E-state index is 0.00317. The third kappa shape index (κ3) is 2.18. The molecule has 2 fully saturated rings. The zero-order valence-electron chi connectivity index (χ0n) is 12.3. The lowest BCUT2D eigenvalue weighted by Crippen LogP contribution is -2.65. The number of fused-ring (bicyclic) bond motifs is 1. The van der Waals surface area contributed by atoms with Crippen LogP contribution in [-0.2, 0) is 8.85 Å². The van der Waals surface area contributed by atoms with E-state index < -0.39 is 8.56 Å². The van der Waals surface area contributed by atoms with Crippen LogP contribution in [0.2, 0.25) is 10.1 Å². The smallest absolute Gasteiger partial charge is 0.349 e. The Kier molecular flexibility index (Phi) is 3.70. The van der Waals surface area contributed by atoms with Crippen molar-refractivity contribution < 1.29 is 14.0 Å². The van der Waals surface area contributed by atoms with Gasteiger partial charge in [0.1, 0.15) is 0 Å². The summed E-state index contributed by atoms with van der Waals surface area (Å²) in [5.74, 6) is 0.775. The van der Waals surface area contributed by atoms with Crippen molar-refractivity contribution in [3.05, 3.63) is 0 Å². The van der Waals surface area contributed by atoms with Crippen LogP contribution in [0.4, 0.5) is 0 Å². The first-order valence-electron chi connectivity index (χ1n) is 6.70. The zero-order chi connectivity index (χ0) is 13.8. The fourth-order valence-corrected chi connectivity index (χ4v) is 9.75. The van der Waals surface area contributed by atoms with Gasteiger partial charge in [-0.05, 0) is 0 Å². The number of rotatable bonds is 0. The molecule has 2 aliphatic heterocycles. The Hall–Kier alpha value is 0.447. The van der Waals surface area contributed by atoms with Crippen molar-refractivity contribution in [3.63, 3.8) is 0 Å². The van der Waals surface area contributed by atoms with Gasteiger partial charge in [0, 0.05) is 15.8 Å². The molecule has 106 valence electrons. The molecule has 0 aromatic rings. The van der Waals surface area contributed by atoms with E-state index in [2.05, 4.69) is 41.5 Å². The summed E-state index contributed by atoms with van der Waals surface area (Å²) in [4.78, 5) is 0. The van der Waals surface area contributed by atoms with Gasteiger partial charge in [-0.3, -0.25) is 0 Å². The lowest BCUT2D eigenvalue weighted by molar-refractivity contribution is -0.0256. The van der Waals surface area contributed by atoms with Crippen molar-refractivity contribution in [1.82, 2.24) is 0 Å². The first kappa shape index (κ1) is 14.8. The minimum Gasteiger partial charge on any atom is -0.392 e. The van der Waals surface area contributed by atoms with Crippen LogP contribution >= 0.6 is 11.8 Å². The number of hydrogen-bond donors (Lipinski definition) is 1. The molecule has 3 nitrogen and oxygen atoms in total. The van der Waals surface area contributed by atoms with E-state index in [0.29, 0.717) is 5.25 Å². The second-order valence-corrected chi connectivity index (χ2v) is 13.5. The number of thioether (sulfide) groups is 1. The molecule has 3 atom stereocenters. The van der Waals surface area contributed by atoms with Gasteiger partial charge in [-0.25, -0.2) is 0 Å². The van der Waals surface area contributed by atoms with E-state index in [1.54, 1.807) is 11.8 Å². The van der Waals surface area contributed by atoms with E-state index in [1.807, 2.05) is 0 Å². The van der Waals surface area contributed by atoms with Crippen molar-refractivity contribution in [2.45, 2.75) is 69.1 Å². The van der Waals surface area contributed by atoms with Crippen LogP contribution < -0.4 is 0 Å². The third-order valence-electron chi connectivity index (χ3n) is 3.95. The van der Waals surface area contributed by atoms with Crippen LogP contribution in [0.15, 0.2) is 0 Å². The Morgan fingerprint density at radius 3 is 2.17 bits per heavy atom. The molecule has 0 radical (unpaired) electrons. The molecule has 1 N–H and O–H groups in total.